The number of carbonyl (C=O) groups is 2. The van der Waals surface area contributed by atoms with Gasteiger partial charge in [0.2, 0.25) is 0 Å². The number of benzene rings is 8. The second-order valence-corrected chi connectivity index (χ2v) is 39.4. The second-order valence-electron chi connectivity index (χ2n) is 32.9. The molecule has 6 fully saturated rings. The van der Waals surface area contributed by atoms with E-state index in [1.54, 1.807) is 61.5 Å². The van der Waals surface area contributed by atoms with Gasteiger partial charge in [-0.3, -0.25) is 0 Å². The number of hydrogen-bond donors (Lipinski definition) is 9. The predicted molar refractivity (Wildman–Crippen MR) is 526 cm³/mol. The number of alkyl halides is 1. The summed E-state index contributed by atoms with van der Waals surface area (Å²) in [6, 6.07) is 49.2. The number of ether oxygens (including phenoxy) is 10. The molecular formula is C96H125Br7ClN5O18. The lowest BCUT2D eigenvalue weighted by Crippen LogP contribution is -2.48. The lowest BCUT2D eigenvalue weighted by atomic mass is 9.85. The third-order valence-corrected chi connectivity index (χ3v) is 24.6. The molecule has 0 spiro atoms. The van der Waals surface area contributed by atoms with Gasteiger partial charge >= 0.3 is 12.2 Å². The fourth-order valence-corrected chi connectivity index (χ4v) is 18.2. The molecule has 23 nitrogen and oxygen atoms in total. The average molecular weight is 2230 g/mol. The summed E-state index contributed by atoms with van der Waals surface area (Å²) in [4.78, 5) is 27.6. The van der Waals surface area contributed by atoms with Crippen LogP contribution in [0.2, 0.25) is 0 Å². The first kappa shape index (κ1) is 108. The molecule has 0 unspecified atom stereocenters. The topological polar surface area (TPSA) is 290 Å². The molecule has 1 aliphatic carbocycles. The predicted octanol–water partition coefficient (Wildman–Crippen LogP) is 20.6. The summed E-state index contributed by atoms with van der Waals surface area (Å²) in [7, 11) is 4.98. The van der Waals surface area contributed by atoms with Crippen molar-refractivity contribution in [3.63, 3.8) is 0 Å². The molecule has 0 aromatic heterocycles. The van der Waals surface area contributed by atoms with Crippen LogP contribution in [0.3, 0.4) is 0 Å². The Morgan fingerprint density at radius 1 is 0.417 bits per heavy atom. The van der Waals surface area contributed by atoms with Gasteiger partial charge in [-0.25, -0.2) is 9.59 Å². The van der Waals surface area contributed by atoms with E-state index in [0.29, 0.717) is 80.4 Å². The van der Waals surface area contributed by atoms with Crippen molar-refractivity contribution in [1.29, 1.82) is 0 Å². The van der Waals surface area contributed by atoms with E-state index in [0.717, 1.165) is 168 Å². The zero-order chi connectivity index (χ0) is 92.4. The van der Waals surface area contributed by atoms with Gasteiger partial charge in [-0.15, -0.1) is 11.6 Å². The van der Waals surface area contributed by atoms with E-state index in [1.807, 2.05) is 163 Å². The van der Waals surface area contributed by atoms with Crippen molar-refractivity contribution in [2.45, 2.75) is 166 Å². The molecule has 5 saturated heterocycles. The smallest absolute Gasteiger partial charge is 0.410 e. The van der Waals surface area contributed by atoms with E-state index in [9.17, 15) is 40.2 Å². The lowest BCUT2D eigenvalue weighted by Gasteiger charge is -2.34. The molecule has 8 aromatic rings. The van der Waals surface area contributed by atoms with Crippen molar-refractivity contribution in [1.82, 2.24) is 25.8 Å². The fourth-order valence-electron chi connectivity index (χ4n) is 14.2. The molecule has 31 heteroatoms. The minimum absolute atomic E-state index is 0.151. The quantitative estimate of drug-likeness (QED) is 0.0361. The van der Waals surface area contributed by atoms with Crippen LogP contribution in [0, 0.1) is 5.92 Å². The average Bonchev–Trinajstić information content (AvgIpc) is 0.815. The van der Waals surface area contributed by atoms with Gasteiger partial charge < -0.3 is 104 Å². The second kappa shape index (κ2) is 57.4. The molecule has 698 valence electrons. The number of aromatic hydroxyl groups is 5. The molecule has 14 rings (SSSR count). The maximum Gasteiger partial charge on any atom is 0.410 e. The number of nitrogens with zero attached hydrogens (tertiary/aromatic N) is 2. The Balaban J connectivity index is 0.000000201. The van der Waals surface area contributed by atoms with Gasteiger partial charge in [-0.1, -0.05) is 163 Å². The highest BCUT2D eigenvalue weighted by Gasteiger charge is 2.32. The van der Waals surface area contributed by atoms with Crippen LogP contribution < -0.4 is 30.2 Å². The van der Waals surface area contributed by atoms with Crippen LogP contribution >= 0.6 is 123 Å². The van der Waals surface area contributed by atoms with E-state index >= 15 is 0 Å². The van der Waals surface area contributed by atoms with Crippen LogP contribution in [0.5, 0.6) is 46.0 Å². The Morgan fingerprint density at radius 2 is 0.780 bits per heavy atom. The van der Waals surface area contributed by atoms with E-state index < -0.39 is 17.3 Å². The molecule has 9 N–H and O–H groups in total. The van der Waals surface area contributed by atoms with Gasteiger partial charge in [-0.2, -0.15) is 0 Å². The Labute approximate surface area is 813 Å². The van der Waals surface area contributed by atoms with Crippen molar-refractivity contribution in [3.05, 3.63) is 228 Å². The molecule has 6 atom stereocenters. The number of rotatable bonds is 18. The third-order valence-electron chi connectivity index (χ3n) is 20.4. The number of halogens is 8. The number of morpholine rings is 5. The fraction of sp³-hybridized carbons (Fsp3) is 0.479. The van der Waals surface area contributed by atoms with Crippen LogP contribution in [-0.4, -0.2) is 226 Å². The third kappa shape index (κ3) is 40.9. The van der Waals surface area contributed by atoms with Crippen molar-refractivity contribution >= 4 is 135 Å². The van der Waals surface area contributed by atoms with Crippen LogP contribution in [-0.2, 0) is 78.1 Å². The van der Waals surface area contributed by atoms with Crippen LogP contribution in [0.1, 0.15) is 113 Å². The number of para-hydroxylation sites is 4. The summed E-state index contributed by atoms with van der Waals surface area (Å²) in [6.07, 6.45) is 10.9. The van der Waals surface area contributed by atoms with Gasteiger partial charge in [-0.05, 0) is 232 Å². The first-order valence-electron chi connectivity index (χ1n) is 42.7. The summed E-state index contributed by atoms with van der Waals surface area (Å²) in [5.41, 5.74) is 5.69. The van der Waals surface area contributed by atoms with E-state index in [1.165, 1.54) is 37.7 Å². The number of amides is 2. The summed E-state index contributed by atoms with van der Waals surface area (Å²) in [5.74, 6) is 5.17. The lowest BCUT2D eigenvalue weighted by molar-refractivity contribution is -0.0417. The zero-order valence-electron chi connectivity index (χ0n) is 73.9. The van der Waals surface area contributed by atoms with E-state index in [-0.39, 0.29) is 60.1 Å². The SMILES string of the molecule is CC(C)(C)OC(=O)N1CCO[C@H](Cc2cc(Br)cc(Br)c2O)C1.CC(C)(C)OC(=O)N1CCO[C@H](Cc2cc(Br)ccc2O)C1.COc1ccccc1Br.COc1ccccc1C[C@@H](O)CCl.COc1ccccc1C[C@@H]1CNCCO1.Oc1c(Br)cc(Br)cc1CC1CCCCC1.Oc1ccc(Br)cc1C[C@@H]1CNCCO1.Oc1ccccc1C[C@@H]1CNCCO1. The van der Waals surface area contributed by atoms with E-state index in [2.05, 4.69) is 134 Å². The van der Waals surface area contributed by atoms with Crippen LogP contribution in [0.25, 0.3) is 0 Å². The van der Waals surface area contributed by atoms with Crippen LogP contribution in [0.15, 0.2) is 189 Å². The highest BCUT2D eigenvalue weighted by molar-refractivity contribution is 9.11. The maximum absolute atomic E-state index is 12.2. The number of aliphatic hydroxyl groups excluding tert-OH is 1. The Kier molecular flexibility index (Phi) is 48.8. The molecule has 1 saturated carbocycles. The number of phenols is 5. The first-order valence-corrected chi connectivity index (χ1v) is 48.8. The number of phenolic OH excluding ortho intramolecular Hbond substituents is 5. The Bertz CT molecular complexity index is 4590. The molecule has 0 radical (unpaired) electrons. The zero-order valence-corrected chi connectivity index (χ0v) is 85.7. The maximum atomic E-state index is 12.2. The minimum Gasteiger partial charge on any atom is -0.508 e. The van der Waals surface area contributed by atoms with Crippen molar-refractivity contribution < 1.29 is 87.6 Å². The van der Waals surface area contributed by atoms with Crippen molar-refractivity contribution in [2.75, 3.05) is 126 Å². The van der Waals surface area contributed by atoms with Gasteiger partial charge in [0.1, 0.15) is 57.2 Å². The Morgan fingerprint density at radius 3 is 1.20 bits per heavy atom. The molecule has 6 aliphatic rings. The van der Waals surface area contributed by atoms with Gasteiger partial charge in [0.05, 0.1) is 117 Å². The van der Waals surface area contributed by atoms with E-state index in [4.69, 9.17) is 59.0 Å². The van der Waals surface area contributed by atoms with Gasteiger partial charge in [0.25, 0.3) is 0 Å². The molecule has 2 amide bonds. The Hall–Kier alpha value is -6.01. The largest absolute Gasteiger partial charge is 0.508 e. The summed E-state index contributed by atoms with van der Waals surface area (Å²) in [5, 5.41) is 68.5. The summed E-state index contributed by atoms with van der Waals surface area (Å²) in [6.45, 7) is 21.7. The highest BCUT2D eigenvalue weighted by atomic mass is 79.9. The molecule has 8 aromatic carbocycles. The number of hydrogen-bond acceptors (Lipinski definition) is 21. The van der Waals surface area contributed by atoms with Crippen LogP contribution in [0.4, 0.5) is 9.59 Å². The number of aliphatic hydroxyl groups is 1. The standard InChI is InChI=1S/C16H21Br2NO4.C16H22BrNO4.C13H16Br2O.C12H17NO2.C11H14BrNO2.C11H15NO2.C10H13ClO2.C7H7BrO/c1-16(2,3)23-15(21)19-4-5-22-12(9-19)7-10-6-11(17)8-13(18)14(10)20;1-16(2,3)22-15(20)18-6-7-21-13(10-18)9-11-8-12(17)4-5-14(11)19;14-11-7-10(13(16)12(15)8-11)6-9-4-2-1-3-5-9;1-14-12-5-3-2-4-10(12)8-11-9-13-6-7-15-11;12-9-1-2-11(14)8(5-9)6-10-7-13-3-4-15-10;13-11-4-2-1-3-9(11)7-10-8-12-5-6-14-10;1-13-10-5-3-2-4-8(10)6-9(12)7-11;1-9-7-5-3-2-4-6(7)8/h6,8,12,20H,4-5,7,9H2,1-3H3;4-5,8,13,19H,6-7,9-10H2,1-3H3;7-9,16H,1-6H2;2-5,11,13H,6-9H2,1H3;1-2,5,10,13-14H,3-4,6-7H2;1-4,10,12-13H,5-8H2;2-5,9,12H,6-7H2,1H3;2-5H,1H3/t12-;13-;;11-;2*10-;9-;/m11.1111./s1. The number of carbonyl (C=O) groups excluding carboxylic acids is 2. The first-order chi connectivity index (χ1) is 60.7. The molecule has 127 heavy (non-hydrogen) atoms. The van der Waals surface area contributed by atoms with Crippen molar-refractivity contribution in [2.24, 2.45) is 5.92 Å². The molecule has 5 heterocycles. The normalized spacial score (nSPS) is 18.4. The summed E-state index contributed by atoms with van der Waals surface area (Å²) < 4.78 is 60.7. The minimum atomic E-state index is -0.516. The highest BCUT2D eigenvalue weighted by Crippen LogP contribution is 2.38. The number of nitrogens with one attached hydrogen (secondary N) is 3. The van der Waals surface area contributed by atoms with Crippen molar-refractivity contribution in [3.8, 4) is 46.0 Å². The molecule has 0 bridgehead atoms. The monoisotopic (exact) mass is 2220 g/mol. The van der Waals surface area contributed by atoms with Gasteiger partial charge in [0.15, 0.2) is 0 Å². The number of methoxy groups -OCH3 is 3. The summed E-state index contributed by atoms with van der Waals surface area (Å²) >= 11 is 29.2. The van der Waals surface area contributed by atoms with Gasteiger partial charge in [0, 0.05) is 115 Å². The molecule has 5 aliphatic heterocycles. The molecular weight excluding hydrogens is 2110 g/mol.